The molecule has 0 atom stereocenters. The molecule has 0 fully saturated rings. The van der Waals surface area contributed by atoms with Crippen LogP contribution in [0.2, 0.25) is 0 Å². The normalized spacial score (nSPS) is 10.4. The number of hydrogen-bond acceptors (Lipinski definition) is 5. The monoisotopic (exact) mass is 240 g/mol. The van der Waals surface area contributed by atoms with Gasteiger partial charge in [-0.05, 0) is 31.3 Å². The molecule has 0 aliphatic rings. The van der Waals surface area contributed by atoms with Gasteiger partial charge in [0.2, 0.25) is 5.95 Å². The second-order valence-electron chi connectivity index (χ2n) is 3.51. The van der Waals surface area contributed by atoms with Gasteiger partial charge in [0.1, 0.15) is 0 Å². The topological polar surface area (TPSA) is 50.7 Å². The first kappa shape index (κ1) is 13.2. The van der Waals surface area contributed by atoms with Gasteiger partial charge in [-0.15, -0.1) is 5.10 Å². The molecule has 0 spiro atoms. The average molecular weight is 240 g/mol. The second-order valence-corrected chi connectivity index (χ2v) is 4.49. The molecular formula is C11H20N4S. The molecule has 0 amide bonds. The molecule has 0 bridgehead atoms. The predicted molar refractivity (Wildman–Crippen MR) is 70.1 cm³/mol. The third-order valence-electron chi connectivity index (χ3n) is 2.32. The molecule has 0 aliphatic heterocycles. The first-order chi connectivity index (χ1) is 7.81. The lowest BCUT2D eigenvalue weighted by molar-refractivity contribution is 0.816. The fourth-order valence-corrected chi connectivity index (χ4v) is 1.86. The van der Waals surface area contributed by atoms with Crippen LogP contribution in [-0.4, -0.2) is 33.7 Å². The highest BCUT2D eigenvalue weighted by Crippen LogP contribution is 2.06. The summed E-state index contributed by atoms with van der Waals surface area (Å²) in [5.74, 6) is 1.82. The number of nitrogens with one attached hydrogen (secondary N) is 1. The summed E-state index contributed by atoms with van der Waals surface area (Å²) in [6.07, 6.45) is 5.05. The van der Waals surface area contributed by atoms with E-state index in [0.29, 0.717) is 5.95 Å². The van der Waals surface area contributed by atoms with Gasteiger partial charge >= 0.3 is 0 Å². The van der Waals surface area contributed by atoms with E-state index in [4.69, 9.17) is 0 Å². The van der Waals surface area contributed by atoms with E-state index >= 15 is 0 Å². The maximum Gasteiger partial charge on any atom is 0.242 e. The van der Waals surface area contributed by atoms with E-state index < -0.39 is 0 Å². The summed E-state index contributed by atoms with van der Waals surface area (Å²) in [6.45, 7) is 5.09. The van der Waals surface area contributed by atoms with Crippen LogP contribution >= 0.6 is 11.8 Å². The summed E-state index contributed by atoms with van der Waals surface area (Å²) in [5.41, 5.74) is 2.07. The van der Waals surface area contributed by atoms with Crippen LogP contribution in [0.3, 0.4) is 0 Å². The summed E-state index contributed by atoms with van der Waals surface area (Å²) in [6, 6.07) is 0. The van der Waals surface area contributed by atoms with Crippen molar-refractivity contribution >= 4 is 17.7 Å². The Hall–Kier alpha value is -0.840. The smallest absolute Gasteiger partial charge is 0.242 e. The molecule has 1 aromatic rings. The van der Waals surface area contributed by atoms with Gasteiger partial charge in [0.15, 0.2) is 0 Å². The lowest BCUT2D eigenvalue weighted by Gasteiger charge is -2.07. The number of anilines is 1. The Labute approximate surface area is 102 Å². The molecule has 4 nitrogen and oxygen atoms in total. The van der Waals surface area contributed by atoms with Crippen molar-refractivity contribution in [1.82, 2.24) is 15.2 Å². The van der Waals surface area contributed by atoms with Gasteiger partial charge in [-0.2, -0.15) is 16.9 Å². The first-order valence-corrected chi connectivity index (χ1v) is 7.16. The van der Waals surface area contributed by atoms with Crippen LogP contribution in [0.1, 0.15) is 31.7 Å². The number of thioether (sulfide) groups is 1. The van der Waals surface area contributed by atoms with E-state index in [9.17, 15) is 0 Å². The third-order valence-corrected chi connectivity index (χ3v) is 3.01. The molecule has 0 unspecified atom stereocenters. The van der Waals surface area contributed by atoms with Gasteiger partial charge in [-0.1, -0.05) is 13.8 Å². The minimum absolute atomic E-state index is 0.662. The summed E-state index contributed by atoms with van der Waals surface area (Å²) >= 11 is 1.85. The Morgan fingerprint density at radius 1 is 1.12 bits per heavy atom. The Kier molecular flexibility index (Phi) is 6.15. The molecule has 90 valence electrons. The van der Waals surface area contributed by atoms with Gasteiger partial charge in [0.05, 0.1) is 11.4 Å². The van der Waals surface area contributed by atoms with Crippen molar-refractivity contribution in [3.8, 4) is 0 Å². The van der Waals surface area contributed by atoms with E-state index in [1.807, 2.05) is 11.8 Å². The fourth-order valence-electron chi connectivity index (χ4n) is 1.43. The lowest BCUT2D eigenvalue weighted by atomic mass is 10.2. The molecule has 1 heterocycles. The zero-order chi connectivity index (χ0) is 11.8. The number of hydrogen-bond donors (Lipinski definition) is 1. The van der Waals surface area contributed by atoms with Gasteiger partial charge in [-0.25, -0.2) is 4.98 Å². The minimum atomic E-state index is 0.662. The number of rotatable bonds is 7. The molecule has 16 heavy (non-hydrogen) atoms. The van der Waals surface area contributed by atoms with Crippen LogP contribution < -0.4 is 5.32 Å². The SMILES string of the molecule is CCc1nnc(NCCCSC)nc1CC. The van der Waals surface area contributed by atoms with Crippen molar-refractivity contribution in [1.29, 1.82) is 0 Å². The van der Waals surface area contributed by atoms with Gasteiger partial charge in [0, 0.05) is 6.54 Å². The zero-order valence-corrected chi connectivity index (χ0v) is 11.1. The third kappa shape index (κ3) is 3.96. The molecule has 1 N–H and O–H groups in total. The summed E-state index contributed by atoms with van der Waals surface area (Å²) in [7, 11) is 0. The van der Waals surface area contributed by atoms with Crippen LogP contribution in [0.5, 0.6) is 0 Å². The molecule has 0 aromatic carbocycles. The second kappa shape index (κ2) is 7.44. The minimum Gasteiger partial charge on any atom is -0.353 e. The largest absolute Gasteiger partial charge is 0.353 e. The summed E-state index contributed by atoms with van der Waals surface area (Å²) in [4.78, 5) is 4.47. The van der Waals surface area contributed by atoms with Crippen molar-refractivity contribution < 1.29 is 0 Å². The average Bonchev–Trinajstić information content (AvgIpc) is 2.34. The molecular weight excluding hydrogens is 220 g/mol. The highest BCUT2D eigenvalue weighted by molar-refractivity contribution is 7.98. The van der Waals surface area contributed by atoms with E-state index in [1.54, 1.807) is 0 Å². The molecule has 0 aliphatic carbocycles. The zero-order valence-electron chi connectivity index (χ0n) is 10.3. The number of nitrogens with zero attached hydrogens (tertiary/aromatic N) is 3. The van der Waals surface area contributed by atoms with Crippen molar-refractivity contribution in [2.45, 2.75) is 33.1 Å². The fraction of sp³-hybridized carbons (Fsp3) is 0.727. The molecule has 5 heteroatoms. The van der Waals surface area contributed by atoms with Crippen molar-refractivity contribution in [3.05, 3.63) is 11.4 Å². The first-order valence-electron chi connectivity index (χ1n) is 5.77. The van der Waals surface area contributed by atoms with Crippen LogP contribution in [0, 0.1) is 0 Å². The van der Waals surface area contributed by atoms with Crippen molar-refractivity contribution in [2.75, 3.05) is 23.9 Å². The standard InChI is InChI=1S/C11H20N4S/c1-4-9-10(5-2)14-15-11(13-9)12-7-6-8-16-3/h4-8H2,1-3H3,(H,12,13,15). The Balaban J connectivity index is 2.54. The Morgan fingerprint density at radius 2 is 1.88 bits per heavy atom. The van der Waals surface area contributed by atoms with E-state index in [1.165, 1.54) is 0 Å². The van der Waals surface area contributed by atoms with Crippen molar-refractivity contribution in [2.24, 2.45) is 0 Å². The van der Waals surface area contributed by atoms with E-state index in [2.05, 4.69) is 40.6 Å². The van der Waals surface area contributed by atoms with Gasteiger partial charge < -0.3 is 5.32 Å². The quantitative estimate of drug-likeness (QED) is 0.740. The molecule has 1 aromatic heterocycles. The van der Waals surface area contributed by atoms with E-state index in [-0.39, 0.29) is 0 Å². The highest BCUT2D eigenvalue weighted by Gasteiger charge is 2.05. The van der Waals surface area contributed by atoms with Crippen LogP contribution in [0.25, 0.3) is 0 Å². The molecule has 0 radical (unpaired) electrons. The molecule has 1 rings (SSSR count). The lowest BCUT2D eigenvalue weighted by Crippen LogP contribution is -2.10. The predicted octanol–water partition coefficient (Wildman–Crippen LogP) is 2.16. The van der Waals surface area contributed by atoms with E-state index in [0.717, 1.165) is 42.9 Å². The van der Waals surface area contributed by atoms with Gasteiger partial charge in [0.25, 0.3) is 0 Å². The highest BCUT2D eigenvalue weighted by atomic mass is 32.2. The number of aryl methyl sites for hydroxylation is 2. The van der Waals surface area contributed by atoms with Crippen molar-refractivity contribution in [3.63, 3.8) is 0 Å². The number of aromatic nitrogens is 3. The Bertz CT molecular complexity index is 317. The summed E-state index contributed by atoms with van der Waals surface area (Å²) in [5, 5.41) is 11.5. The molecule has 0 saturated carbocycles. The van der Waals surface area contributed by atoms with Crippen LogP contribution in [-0.2, 0) is 12.8 Å². The Morgan fingerprint density at radius 3 is 2.50 bits per heavy atom. The summed E-state index contributed by atoms with van der Waals surface area (Å²) < 4.78 is 0. The van der Waals surface area contributed by atoms with Gasteiger partial charge in [-0.3, -0.25) is 0 Å². The maximum atomic E-state index is 4.47. The van der Waals surface area contributed by atoms with Crippen LogP contribution in [0.15, 0.2) is 0 Å². The maximum absolute atomic E-state index is 4.47. The van der Waals surface area contributed by atoms with Crippen LogP contribution in [0.4, 0.5) is 5.95 Å². The molecule has 0 saturated heterocycles.